The summed E-state index contributed by atoms with van der Waals surface area (Å²) >= 11 is 0. The van der Waals surface area contributed by atoms with Crippen LogP contribution in [0.3, 0.4) is 0 Å². The van der Waals surface area contributed by atoms with Gasteiger partial charge in [-0.05, 0) is 6.42 Å². The lowest BCUT2D eigenvalue weighted by atomic mass is 10.2. The fourth-order valence-electron chi connectivity index (χ4n) is 1.69. The quantitative estimate of drug-likeness (QED) is 0.598. The van der Waals surface area contributed by atoms with Crippen LogP contribution in [0.25, 0.3) is 0 Å². The number of ether oxygens (including phenoxy) is 1. The van der Waals surface area contributed by atoms with E-state index in [1.165, 1.54) is 6.33 Å². The third-order valence-corrected chi connectivity index (χ3v) is 2.64. The van der Waals surface area contributed by atoms with E-state index in [9.17, 15) is 4.79 Å². The van der Waals surface area contributed by atoms with E-state index in [4.69, 9.17) is 4.74 Å². The minimum atomic E-state index is -0.173. The highest BCUT2D eigenvalue weighted by molar-refractivity contribution is 5.82. The molecule has 1 fully saturated rings. The van der Waals surface area contributed by atoms with Crippen LogP contribution in [0, 0.1) is 0 Å². The fraction of sp³-hybridized carbons (Fsp3) is 0.667. The third kappa shape index (κ3) is 2.56. The molecule has 2 heterocycles. The Hall–Kier alpha value is -1.47. The minimum absolute atomic E-state index is 0.0315. The molecule has 16 heavy (non-hydrogen) atoms. The van der Waals surface area contributed by atoms with E-state index in [0.29, 0.717) is 18.8 Å². The van der Waals surface area contributed by atoms with Crippen LogP contribution in [0.2, 0.25) is 0 Å². The van der Waals surface area contributed by atoms with Crippen molar-refractivity contribution in [3.63, 3.8) is 0 Å². The summed E-state index contributed by atoms with van der Waals surface area (Å²) in [7, 11) is 1.65. The van der Waals surface area contributed by atoms with E-state index in [0.717, 1.165) is 6.54 Å². The number of methoxy groups -OCH3 is 1. The number of rotatable bonds is 4. The molecule has 1 saturated heterocycles. The highest BCUT2D eigenvalue weighted by Crippen LogP contribution is 2.09. The lowest BCUT2D eigenvalue weighted by Gasteiger charge is -2.09. The SMILES string of the molecule is COC1CNC(C(=O)NCc2ncn[nH]2)C1. The van der Waals surface area contributed by atoms with Crippen LogP contribution in [0.5, 0.6) is 0 Å². The molecule has 1 aliphatic heterocycles. The predicted octanol–water partition coefficient (Wildman–Crippen LogP) is -1.20. The molecule has 1 amide bonds. The molecule has 0 bridgehead atoms. The van der Waals surface area contributed by atoms with Gasteiger partial charge in [-0.2, -0.15) is 5.10 Å². The predicted molar refractivity (Wildman–Crippen MR) is 55.4 cm³/mol. The maximum atomic E-state index is 11.7. The topological polar surface area (TPSA) is 91.9 Å². The van der Waals surface area contributed by atoms with Crippen molar-refractivity contribution in [3.05, 3.63) is 12.2 Å². The largest absolute Gasteiger partial charge is 0.380 e. The maximum Gasteiger partial charge on any atom is 0.237 e. The van der Waals surface area contributed by atoms with Crippen LogP contribution in [0.4, 0.5) is 0 Å². The molecule has 2 unspecified atom stereocenters. The van der Waals surface area contributed by atoms with Crippen molar-refractivity contribution in [1.82, 2.24) is 25.8 Å². The standard InChI is InChI=1S/C9H15N5O2/c1-16-6-2-7(10-3-6)9(15)11-4-8-12-5-13-14-8/h5-7,10H,2-4H2,1H3,(H,11,15)(H,12,13,14). The number of amides is 1. The summed E-state index contributed by atoms with van der Waals surface area (Å²) < 4.78 is 5.17. The van der Waals surface area contributed by atoms with Crippen molar-refractivity contribution >= 4 is 5.91 Å². The van der Waals surface area contributed by atoms with Crippen molar-refractivity contribution in [2.75, 3.05) is 13.7 Å². The number of hydrogen-bond donors (Lipinski definition) is 3. The molecule has 1 aromatic heterocycles. The van der Waals surface area contributed by atoms with Crippen LogP contribution in [0.1, 0.15) is 12.2 Å². The van der Waals surface area contributed by atoms with Gasteiger partial charge in [-0.25, -0.2) is 4.98 Å². The highest BCUT2D eigenvalue weighted by atomic mass is 16.5. The van der Waals surface area contributed by atoms with Crippen LogP contribution < -0.4 is 10.6 Å². The van der Waals surface area contributed by atoms with Crippen molar-refractivity contribution < 1.29 is 9.53 Å². The number of nitrogens with zero attached hydrogens (tertiary/aromatic N) is 2. The average Bonchev–Trinajstić information content (AvgIpc) is 2.96. The molecule has 0 aromatic carbocycles. The molecule has 1 aliphatic rings. The van der Waals surface area contributed by atoms with Gasteiger partial charge in [-0.1, -0.05) is 0 Å². The van der Waals surface area contributed by atoms with E-state index < -0.39 is 0 Å². The second-order valence-electron chi connectivity index (χ2n) is 3.70. The average molecular weight is 225 g/mol. The Morgan fingerprint density at radius 1 is 1.75 bits per heavy atom. The van der Waals surface area contributed by atoms with E-state index in [-0.39, 0.29) is 18.1 Å². The summed E-state index contributed by atoms with van der Waals surface area (Å²) in [6, 6.07) is -0.173. The Morgan fingerprint density at radius 3 is 3.25 bits per heavy atom. The van der Waals surface area contributed by atoms with Gasteiger partial charge in [0.25, 0.3) is 0 Å². The molecular weight excluding hydrogens is 210 g/mol. The number of nitrogens with one attached hydrogen (secondary N) is 3. The normalized spacial score (nSPS) is 24.6. The Balaban J connectivity index is 1.76. The molecule has 7 nitrogen and oxygen atoms in total. The molecule has 88 valence electrons. The molecule has 0 spiro atoms. The number of aromatic nitrogens is 3. The van der Waals surface area contributed by atoms with Gasteiger partial charge < -0.3 is 15.4 Å². The van der Waals surface area contributed by atoms with Gasteiger partial charge in [0.15, 0.2) is 0 Å². The van der Waals surface area contributed by atoms with Crippen LogP contribution >= 0.6 is 0 Å². The summed E-state index contributed by atoms with van der Waals surface area (Å²) in [5.41, 5.74) is 0. The summed E-state index contributed by atoms with van der Waals surface area (Å²) in [5.74, 6) is 0.616. The Morgan fingerprint density at radius 2 is 2.62 bits per heavy atom. The molecular formula is C9H15N5O2. The monoisotopic (exact) mass is 225 g/mol. The van der Waals surface area contributed by atoms with Crippen LogP contribution in [-0.4, -0.2) is 46.9 Å². The molecule has 1 aromatic rings. The second-order valence-corrected chi connectivity index (χ2v) is 3.70. The van der Waals surface area contributed by atoms with Gasteiger partial charge in [0.1, 0.15) is 12.2 Å². The molecule has 0 radical (unpaired) electrons. The molecule has 2 atom stereocenters. The maximum absolute atomic E-state index is 11.7. The molecule has 0 saturated carbocycles. The number of aromatic amines is 1. The van der Waals surface area contributed by atoms with Gasteiger partial charge in [0.05, 0.1) is 18.7 Å². The summed E-state index contributed by atoms with van der Waals surface area (Å²) in [6.45, 7) is 1.09. The third-order valence-electron chi connectivity index (χ3n) is 2.64. The van der Waals surface area contributed by atoms with Crippen molar-refractivity contribution in [2.24, 2.45) is 0 Å². The van der Waals surface area contributed by atoms with Gasteiger partial charge in [0, 0.05) is 13.7 Å². The van der Waals surface area contributed by atoms with Gasteiger partial charge in [-0.3, -0.25) is 9.89 Å². The van der Waals surface area contributed by atoms with Gasteiger partial charge in [0.2, 0.25) is 5.91 Å². The lowest BCUT2D eigenvalue weighted by molar-refractivity contribution is -0.123. The first-order valence-electron chi connectivity index (χ1n) is 5.17. The Labute approximate surface area is 93.0 Å². The molecule has 2 rings (SSSR count). The minimum Gasteiger partial charge on any atom is -0.380 e. The number of hydrogen-bond acceptors (Lipinski definition) is 5. The fourth-order valence-corrected chi connectivity index (χ4v) is 1.69. The zero-order valence-electron chi connectivity index (χ0n) is 9.06. The van der Waals surface area contributed by atoms with E-state index in [2.05, 4.69) is 25.8 Å². The first-order chi connectivity index (χ1) is 7.79. The van der Waals surface area contributed by atoms with Gasteiger partial charge >= 0.3 is 0 Å². The van der Waals surface area contributed by atoms with Crippen LogP contribution in [0.15, 0.2) is 6.33 Å². The number of carbonyl (C=O) groups is 1. The number of H-pyrrole nitrogens is 1. The molecule has 7 heteroatoms. The summed E-state index contributed by atoms with van der Waals surface area (Å²) in [4.78, 5) is 15.6. The van der Waals surface area contributed by atoms with E-state index >= 15 is 0 Å². The Bertz CT molecular complexity index is 340. The smallest absolute Gasteiger partial charge is 0.237 e. The molecule has 0 aliphatic carbocycles. The van der Waals surface area contributed by atoms with Gasteiger partial charge in [-0.15, -0.1) is 0 Å². The van der Waals surface area contributed by atoms with Crippen molar-refractivity contribution in [1.29, 1.82) is 0 Å². The second kappa shape index (κ2) is 5.04. The highest BCUT2D eigenvalue weighted by Gasteiger charge is 2.28. The van der Waals surface area contributed by atoms with Crippen molar-refractivity contribution in [2.45, 2.75) is 25.1 Å². The van der Waals surface area contributed by atoms with Crippen molar-refractivity contribution in [3.8, 4) is 0 Å². The number of carbonyl (C=O) groups excluding carboxylic acids is 1. The summed E-state index contributed by atoms with van der Waals surface area (Å²) in [5, 5.41) is 12.3. The summed E-state index contributed by atoms with van der Waals surface area (Å²) in [6.07, 6.45) is 2.25. The van der Waals surface area contributed by atoms with Crippen LogP contribution in [-0.2, 0) is 16.1 Å². The zero-order chi connectivity index (χ0) is 11.4. The first kappa shape index (κ1) is 11.0. The zero-order valence-corrected chi connectivity index (χ0v) is 9.06. The molecule has 3 N–H and O–H groups in total. The Kier molecular flexibility index (Phi) is 3.47. The first-order valence-corrected chi connectivity index (χ1v) is 5.17. The van der Waals surface area contributed by atoms with E-state index in [1.807, 2.05) is 0 Å². The van der Waals surface area contributed by atoms with E-state index in [1.54, 1.807) is 7.11 Å². The lowest BCUT2D eigenvalue weighted by Crippen LogP contribution is -2.40.